The molecule has 2 rings (SSSR count). The summed E-state index contributed by atoms with van der Waals surface area (Å²) >= 11 is 3.31. The number of aryl methyl sites for hydroxylation is 1. The molecule has 0 atom stereocenters. The molecule has 1 aliphatic carbocycles. The molecule has 1 aromatic rings. The van der Waals surface area contributed by atoms with Crippen LogP contribution in [0.2, 0.25) is 0 Å². The number of hydrogen-bond acceptors (Lipinski definition) is 4. The van der Waals surface area contributed by atoms with Crippen LogP contribution in [0.1, 0.15) is 56.9 Å². The number of halogens is 1. The fourth-order valence-electron chi connectivity index (χ4n) is 2.83. The maximum Gasteiger partial charge on any atom is 0.215 e. The van der Waals surface area contributed by atoms with Crippen molar-refractivity contribution in [1.29, 1.82) is 0 Å². The predicted molar refractivity (Wildman–Crippen MR) is 79.6 cm³/mol. The van der Waals surface area contributed by atoms with Gasteiger partial charge in [-0.15, -0.1) is 5.10 Å². The summed E-state index contributed by atoms with van der Waals surface area (Å²) in [6, 6.07) is 0. The van der Waals surface area contributed by atoms with Crippen molar-refractivity contribution in [3.8, 4) is 0 Å². The van der Waals surface area contributed by atoms with Crippen LogP contribution in [0.15, 0.2) is 4.60 Å². The second-order valence-electron chi connectivity index (χ2n) is 6.27. The third-order valence-corrected chi connectivity index (χ3v) is 4.78. The zero-order chi connectivity index (χ0) is 15.0. The molecule has 0 bridgehead atoms. The molecule has 1 aliphatic rings. The molecule has 0 saturated heterocycles. The van der Waals surface area contributed by atoms with E-state index in [1.807, 2.05) is 6.92 Å². The normalized spacial score (nSPS) is 20.9. The Balaban J connectivity index is 2.32. The Morgan fingerprint density at radius 3 is 2.40 bits per heavy atom. The fourth-order valence-corrected chi connectivity index (χ4v) is 3.34. The van der Waals surface area contributed by atoms with Gasteiger partial charge in [0.2, 0.25) is 5.78 Å². The van der Waals surface area contributed by atoms with Crippen molar-refractivity contribution >= 4 is 21.7 Å². The Morgan fingerprint density at radius 2 is 1.95 bits per heavy atom. The van der Waals surface area contributed by atoms with E-state index in [4.69, 9.17) is 4.74 Å². The molecule has 0 aliphatic heterocycles. The van der Waals surface area contributed by atoms with E-state index in [0.29, 0.717) is 16.9 Å². The molecule has 0 radical (unpaired) electrons. The van der Waals surface area contributed by atoms with Crippen molar-refractivity contribution in [1.82, 2.24) is 15.0 Å². The van der Waals surface area contributed by atoms with E-state index in [-0.39, 0.29) is 11.2 Å². The molecular weight excluding hydrogens is 322 g/mol. The number of carbonyl (C=O) groups excluding carboxylic acids is 1. The van der Waals surface area contributed by atoms with Gasteiger partial charge in [-0.05, 0) is 54.0 Å². The Kier molecular flexibility index (Phi) is 4.35. The number of Topliss-reactive ketones (excluding diaryl/α,β-unsaturated/α-hetero) is 1. The van der Waals surface area contributed by atoms with Gasteiger partial charge in [0.25, 0.3) is 0 Å². The van der Waals surface area contributed by atoms with E-state index < -0.39 is 5.60 Å². The van der Waals surface area contributed by atoms with Gasteiger partial charge in [0, 0.05) is 13.7 Å². The summed E-state index contributed by atoms with van der Waals surface area (Å²) in [6.07, 6.45) is 3.48. The lowest BCUT2D eigenvalue weighted by molar-refractivity contribution is -0.0585. The Bertz CT molecular complexity index is 481. The van der Waals surface area contributed by atoms with Gasteiger partial charge in [0.15, 0.2) is 4.60 Å². The molecule has 0 spiro atoms. The maximum absolute atomic E-state index is 13.0. The van der Waals surface area contributed by atoms with E-state index in [9.17, 15) is 4.79 Å². The molecule has 0 amide bonds. The van der Waals surface area contributed by atoms with E-state index in [2.05, 4.69) is 40.1 Å². The van der Waals surface area contributed by atoms with Crippen molar-refractivity contribution in [2.45, 2.75) is 52.1 Å². The summed E-state index contributed by atoms with van der Waals surface area (Å²) in [5.74, 6) is -0.00535. The predicted octanol–water partition coefficient (Wildman–Crippen LogP) is 3.14. The highest BCUT2D eigenvalue weighted by Gasteiger charge is 2.46. The minimum absolute atomic E-state index is 0.00535. The first kappa shape index (κ1) is 15.6. The van der Waals surface area contributed by atoms with Gasteiger partial charge in [-0.1, -0.05) is 19.1 Å². The van der Waals surface area contributed by atoms with Crippen LogP contribution in [0.5, 0.6) is 0 Å². The van der Waals surface area contributed by atoms with Gasteiger partial charge in [-0.3, -0.25) is 4.79 Å². The molecule has 0 aromatic carbocycles. The molecule has 6 heteroatoms. The number of carbonyl (C=O) groups is 1. The molecule has 20 heavy (non-hydrogen) atoms. The second-order valence-corrected chi connectivity index (χ2v) is 7.02. The molecule has 5 nitrogen and oxygen atoms in total. The van der Waals surface area contributed by atoms with Gasteiger partial charge >= 0.3 is 0 Å². The number of hydrogen-bond donors (Lipinski definition) is 0. The highest BCUT2D eigenvalue weighted by molar-refractivity contribution is 9.10. The smallest absolute Gasteiger partial charge is 0.215 e. The van der Waals surface area contributed by atoms with Gasteiger partial charge in [-0.2, -0.15) is 0 Å². The quantitative estimate of drug-likeness (QED) is 0.788. The van der Waals surface area contributed by atoms with Crippen LogP contribution in [-0.2, 0) is 11.8 Å². The van der Waals surface area contributed by atoms with E-state index in [1.54, 1.807) is 7.05 Å². The van der Waals surface area contributed by atoms with Crippen LogP contribution in [-0.4, -0.2) is 33.0 Å². The number of aromatic nitrogens is 3. The highest BCUT2D eigenvalue weighted by Crippen LogP contribution is 2.43. The molecule has 1 heterocycles. The lowest BCUT2D eigenvalue weighted by Crippen LogP contribution is -2.47. The van der Waals surface area contributed by atoms with Crippen molar-refractivity contribution in [3.05, 3.63) is 10.3 Å². The lowest BCUT2D eigenvalue weighted by Gasteiger charge is -2.42. The topological polar surface area (TPSA) is 57.0 Å². The molecule has 1 aromatic heterocycles. The summed E-state index contributed by atoms with van der Waals surface area (Å²) in [5.41, 5.74) is 0.0589. The fraction of sp³-hybridized carbons (Fsp3) is 0.786. The zero-order valence-electron chi connectivity index (χ0n) is 12.6. The summed E-state index contributed by atoms with van der Waals surface area (Å²) in [4.78, 5) is 13.0. The third kappa shape index (κ3) is 2.81. The largest absolute Gasteiger partial charge is 0.367 e. The van der Waals surface area contributed by atoms with Gasteiger partial charge in [0.1, 0.15) is 11.3 Å². The first-order valence-electron chi connectivity index (χ1n) is 7.05. The van der Waals surface area contributed by atoms with Crippen LogP contribution in [0.3, 0.4) is 0 Å². The first-order valence-corrected chi connectivity index (χ1v) is 7.84. The summed E-state index contributed by atoms with van der Waals surface area (Å²) < 4.78 is 7.94. The van der Waals surface area contributed by atoms with Crippen LogP contribution in [0, 0.1) is 5.41 Å². The van der Waals surface area contributed by atoms with Crippen molar-refractivity contribution < 1.29 is 9.53 Å². The van der Waals surface area contributed by atoms with E-state index in [0.717, 1.165) is 25.7 Å². The molecule has 1 saturated carbocycles. The first-order chi connectivity index (χ1) is 9.31. The minimum Gasteiger partial charge on any atom is -0.367 e. The number of nitrogens with zero attached hydrogens (tertiary/aromatic N) is 3. The monoisotopic (exact) mass is 343 g/mol. The van der Waals surface area contributed by atoms with Crippen LogP contribution < -0.4 is 0 Å². The van der Waals surface area contributed by atoms with E-state index in [1.165, 1.54) is 4.68 Å². The number of rotatable bonds is 4. The molecule has 1 fully saturated rings. The zero-order valence-corrected chi connectivity index (χ0v) is 14.2. The molecule has 0 N–H and O–H groups in total. The Morgan fingerprint density at radius 1 is 1.35 bits per heavy atom. The summed E-state index contributed by atoms with van der Waals surface area (Å²) in [5, 5.41) is 7.80. The SMILES string of the molecule is CCOC1(C(=O)c2c(Br)nnn2C)CCC(C)(C)CC1. The molecule has 0 unspecified atom stereocenters. The molecule has 112 valence electrons. The Labute approximate surface area is 128 Å². The summed E-state index contributed by atoms with van der Waals surface area (Å²) in [7, 11) is 1.73. The minimum atomic E-state index is -0.720. The van der Waals surface area contributed by atoms with Gasteiger partial charge in [-0.25, -0.2) is 4.68 Å². The summed E-state index contributed by atoms with van der Waals surface area (Å²) in [6.45, 7) is 6.96. The van der Waals surface area contributed by atoms with Gasteiger partial charge in [0.05, 0.1) is 0 Å². The van der Waals surface area contributed by atoms with E-state index >= 15 is 0 Å². The number of ketones is 1. The van der Waals surface area contributed by atoms with Crippen LogP contribution in [0.25, 0.3) is 0 Å². The maximum atomic E-state index is 13.0. The standard InChI is InChI=1S/C14H22BrN3O2/c1-5-20-14(8-6-13(2,3)7-9-14)11(19)10-12(15)16-17-18(10)4/h5-9H2,1-4H3. The Hall–Kier alpha value is -0.750. The molecular formula is C14H22BrN3O2. The van der Waals surface area contributed by atoms with Crippen LogP contribution in [0.4, 0.5) is 0 Å². The third-order valence-electron chi connectivity index (χ3n) is 4.25. The van der Waals surface area contributed by atoms with Crippen LogP contribution >= 0.6 is 15.9 Å². The second kappa shape index (κ2) is 5.56. The van der Waals surface area contributed by atoms with Crippen molar-refractivity contribution in [2.75, 3.05) is 6.61 Å². The van der Waals surface area contributed by atoms with Crippen molar-refractivity contribution in [3.63, 3.8) is 0 Å². The van der Waals surface area contributed by atoms with Gasteiger partial charge < -0.3 is 4.74 Å². The highest BCUT2D eigenvalue weighted by atomic mass is 79.9. The average molecular weight is 344 g/mol. The number of ether oxygens (including phenoxy) is 1. The average Bonchev–Trinajstić information content (AvgIpc) is 2.71. The van der Waals surface area contributed by atoms with Crippen molar-refractivity contribution in [2.24, 2.45) is 12.5 Å². The lowest BCUT2D eigenvalue weighted by atomic mass is 9.69.